The summed E-state index contributed by atoms with van der Waals surface area (Å²) >= 11 is 0. The Morgan fingerprint density at radius 2 is 1.88 bits per heavy atom. The number of aliphatic carboxylic acids is 1. The molecule has 2 aromatic rings. The normalized spacial score (nSPS) is 12.0. The summed E-state index contributed by atoms with van der Waals surface area (Å²) in [6, 6.07) is 5.52. The number of hydrogen-bond acceptors (Lipinski definition) is 4. The summed E-state index contributed by atoms with van der Waals surface area (Å²) in [7, 11) is 1.71. The van der Waals surface area contributed by atoms with Crippen molar-refractivity contribution in [1.82, 2.24) is 19.9 Å². The first-order valence-corrected chi connectivity index (χ1v) is 8.21. The molecule has 1 N–H and O–H groups in total. The Kier molecular flexibility index (Phi) is 5.90. The van der Waals surface area contributed by atoms with Gasteiger partial charge in [-0.15, -0.1) is 5.10 Å². The van der Waals surface area contributed by atoms with Crippen LogP contribution in [0.25, 0.3) is 0 Å². The SMILES string of the molecule is Cc1cc(C)cc(CCC(=O)N(C)Cc2cn(C(C)C(=O)O)nn2)c1. The Morgan fingerprint density at radius 1 is 1.24 bits per heavy atom. The Bertz CT molecular complexity index is 749. The van der Waals surface area contributed by atoms with Gasteiger partial charge in [0.15, 0.2) is 0 Å². The van der Waals surface area contributed by atoms with E-state index >= 15 is 0 Å². The summed E-state index contributed by atoms with van der Waals surface area (Å²) in [5.74, 6) is -0.964. The van der Waals surface area contributed by atoms with Crippen molar-refractivity contribution in [1.29, 1.82) is 0 Å². The number of benzene rings is 1. The molecule has 134 valence electrons. The second kappa shape index (κ2) is 7.92. The monoisotopic (exact) mass is 344 g/mol. The van der Waals surface area contributed by atoms with Crippen LogP contribution in [0.3, 0.4) is 0 Å². The summed E-state index contributed by atoms with van der Waals surface area (Å²) in [5, 5.41) is 16.7. The van der Waals surface area contributed by atoms with Crippen molar-refractivity contribution in [2.24, 2.45) is 0 Å². The quantitative estimate of drug-likeness (QED) is 0.831. The van der Waals surface area contributed by atoms with Gasteiger partial charge in [-0.1, -0.05) is 34.5 Å². The lowest BCUT2D eigenvalue weighted by atomic mass is 10.0. The minimum Gasteiger partial charge on any atom is -0.480 e. The average molecular weight is 344 g/mol. The molecule has 2 rings (SSSR count). The fourth-order valence-corrected chi connectivity index (χ4v) is 2.67. The molecule has 0 aliphatic heterocycles. The van der Waals surface area contributed by atoms with Gasteiger partial charge in [-0.25, -0.2) is 9.48 Å². The van der Waals surface area contributed by atoms with Crippen LogP contribution in [0.15, 0.2) is 24.4 Å². The number of carboxylic acids is 1. The van der Waals surface area contributed by atoms with Crippen molar-refractivity contribution in [3.8, 4) is 0 Å². The summed E-state index contributed by atoms with van der Waals surface area (Å²) < 4.78 is 1.28. The number of carbonyl (C=O) groups is 2. The molecule has 0 bridgehead atoms. The number of rotatable bonds is 7. The van der Waals surface area contributed by atoms with Crippen molar-refractivity contribution in [2.45, 2.75) is 46.2 Å². The summed E-state index contributed by atoms with van der Waals surface area (Å²) in [6.07, 6.45) is 2.67. The van der Waals surface area contributed by atoms with Gasteiger partial charge in [0.1, 0.15) is 11.7 Å². The van der Waals surface area contributed by atoms with Crippen LogP contribution in [0.1, 0.15) is 41.8 Å². The Labute approximate surface area is 147 Å². The largest absolute Gasteiger partial charge is 0.480 e. The molecule has 7 nitrogen and oxygen atoms in total. The van der Waals surface area contributed by atoms with Crippen LogP contribution in [0.2, 0.25) is 0 Å². The highest BCUT2D eigenvalue weighted by atomic mass is 16.4. The number of amides is 1. The van der Waals surface area contributed by atoms with E-state index in [1.54, 1.807) is 18.1 Å². The van der Waals surface area contributed by atoms with Crippen LogP contribution in [-0.4, -0.2) is 43.9 Å². The molecule has 1 amide bonds. The Hall–Kier alpha value is -2.70. The van der Waals surface area contributed by atoms with Crippen molar-refractivity contribution >= 4 is 11.9 Å². The third-order valence-corrected chi connectivity index (χ3v) is 4.05. The highest BCUT2D eigenvalue weighted by Gasteiger charge is 2.17. The predicted octanol–water partition coefficient (Wildman–Crippen LogP) is 2.13. The summed E-state index contributed by atoms with van der Waals surface area (Å²) in [5.41, 5.74) is 4.11. The molecule has 0 aliphatic carbocycles. The van der Waals surface area contributed by atoms with Gasteiger partial charge in [0, 0.05) is 13.5 Å². The minimum atomic E-state index is -0.977. The van der Waals surface area contributed by atoms with E-state index in [4.69, 9.17) is 5.11 Å². The van der Waals surface area contributed by atoms with Gasteiger partial charge < -0.3 is 10.0 Å². The molecular weight excluding hydrogens is 320 g/mol. The van der Waals surface area contributed by atoms with E-state index in [0.29, 0.717) is 25.1 Å². The Morgan fingerprint density at radius 3 is 2.48 bits per heavy atom. The summed E-state index contributed by atoms with van der Waals surface area (Å²) in [4.78, 5) is 24.9. The van der Waals surface area contributed by atoms with Crippen LogP contribution in [0.4, 0.5) is 0 Å². The molecule has 0 fully saturated rings. The van der Waals surface area contributed by atoms with E-state index in [2.05, 4.69) is 28.5 Å². The van der Waals surface area contributed by atoms with Gasteiger partial charge >= 0.3 is 5.97 Å². The number of nitrogens with zero attached hydrogens (tertiary/aromatic N) is 4. The van der Waals surface area contributed by atoms with Crippen molar-refractivity contribution in [2.75, 3.05) is 7.05 Å². The molecule has 0 saturated heterocycles. The molecular formula is C18H24N4O3. The topological polar surface area (TPSA) is 88.3 Å². The van der Waals surface area contributed by atoms with E-state index in [-0.39, 0.29) is 5.91 Å². The zero-order chi connectivity index (χ0) is 18.6. The third-order valence-electron chi connectivity index (χ3n) is 4.05. The first-order chi connectivity index (χ1) is 11.8. The lowest BCUT2D eigenvalue weighted by Crippen LogP contribution is -2.26. The van der Waals surface area contributed by atoms with Crippen LogP contribution in [0.5, 0.6) is 0 Å². The number of hydrogen-bond donors (Lipinski definition) is 1. The molecule has 0 aliphatic rings. The zero-order valence-corrected chi connectivity index (χ0v) is 15.1. The maximum atomic E-state index is 12.3. The van der Waals surface area contributed by atoms with Crippen LogP contribution >= 0.6 is 0 Å². The first-order valence-electron chi connectivity index (χ1n) is 8.21. The number of aromatic nitrogens is 3. The third kappa shape index (κ3) is 5.14. The van der Waals surface area contributed by atoms with Gasteiger partial charge in [0.2, 0.25) is 5.91 Å². The standard InChI is InChI=1S/C18H24N4O3/c1-12-7-13(2)9-15(8-12)5-6-17(23)21(4)10-16-11-22(20-19-16)14(3)18(24)25/h7-9,11,14H,5-6,10H2,1-4H3,(H,24,25). The number of aryl methyl sites for hydroxylation is 3. The minimum absolute atomic E-state index is 0.0139. The fourth-order valence-electron chi connectivity index (χ4n) is 2.67. The van der Waals surface area contributed by atoms with Crippen LogP contribution in [0, 0.1) is 13.8 Å². The lowest BCUT2D eigenvalue weighted by molar-refractivity contribution is -0.140. The molecule has 1 heterocycles. The number of carboxylic acid groups (broad SMARTS) is 1. The second-order valence-corrected chi connectivity index (χ2v) is 6.45. The highest BCUT2D eigenvalue weighted by molar-refractivity contribution is 5.76. The second-order valence-electron chi connectivity index (χ2n) is 6.45. The molecule has 1 unspecified atom stereocenters. The molecule has 7 heteroatoms. The molecule has 25 heavy (non-hydrogen) atoms. The van der Waals surface area contributed by atoms with Gasteiger partial charge in [-0.05, 0) is 32.8 Å². The smallest absolute Gasteiger partial charge is 0.328 e. The van der Waals surface area contributed by atoms with E-state index in [9.17, 15) is 9.59 Å². The average Bonchev–Trinajstić information content (AvgIpc) is 2.99. The maximum absolute atomic E-state index is 12.3. The lowest BCUT2D eigenvalue weighted by Gasteiger charge is -2.15. The molecule has 0 spiro atoms. The van der Waals surface area contributed by atoms with E-state index in [1.165, 1.54) is 22.7 Å². The van der Waals surface area contributed by atoms with E-state index in [1.807, 2.05) is 13.8 Å². The van der Waals surface area contributed by atoms with Crippen molar-refractivity contribution in [3.05, 3.63) is 46.8 Å². The molecule has 1 aromatic heterocycles. The maximum Gasteiger partial charge on any atom is 0.328 e. The van der Waals surface area contributed by atoms with Crippen molar-refractivity contribution < 1.29 is 14.7 Å². The van der Waals surface area contributed by atoms with E-state index in [0.717, 1.165) is 5.56 Å². The van der Waals surface area contributed by atoms with Crippen LogP contribution < -0.4 is 0 Å². The van der Waals surface area contributed by atoms with Crippen molar-refractivity contribution in [3.63, 3.8) is 0 Å². The Balaban J connectivity index is 1.91. The first kappa shape index (κ1) is 18.6. The predicted molar refractivity (Wildman–Crippen MR) is 93.1 cm³/mol. The molecule has 1 aromatic carbocycles. The van der Waals surface area contributed by atoms with Gasteiger partial charge in [0.25, 0.3) is 0 Å². The molecule has 0 saturated carbocycles. The van der Waals surface area contributed by atoms with Gasteiger partial charge in [-0.3, -0.25) is 4.79 Å². The van der Waals surface area contributed by atoms with E-state index < -0.39 is 12.0 Å². The highest BCUT2D eigenvalue weighted by Crippen LogP contribution is 2.12. The van der Waals surface area contributed by atoms with Gasteiger partial charge in [0.05, 0.1) is 12.7 Å². The number of carbonyl (C=O) groups excluding carboxylic acids is 1. The summed E-state index contributed by atoms with van der Waals surface area (Å²) in [6.45, 7) is 5.93. The molecule has 1 atom stereocenters. The van der Waals surface area contributed by atoms with Gasteiger partial charge in [-0.2, -0.15) is 0 Å². The van der Waals surface area contributed by atoms with Crippen LogP contribution in [-0.2, 0) is 22.6 Å². The fraction of sp³-hybridized carbons (Fsp3) is 0.444. The molecule has 0 radical (unpaired) electrons. The zero-order valence-electron chi connectivity index (χ0n) is 15.1.